The Balaban J connectivity index is 1.46. The van der Waals surface area contributed by atoms with E-state index in [2.05, 4.69) is 5.32 Å². The standard InChI is InChI=1S/C21H22N4O3/c1-2-4-17(5-3-1)28-14-20-23-21(15-8-9-22-13-15)25(24-20)16-6-7-18-19(12-16)27-11-10-26-18/h1-7,12,15,22H,8-11,13-14H2/t15-/m0/s1. The van der Waals surface area contributed by atoms with Crippen LogP contribution in [0, 0.1) is 0 Å². The molecule has 7 nitrogen and oxygen atoms in total. The Kier molecular flexibility index (Phi) is 4.58. The number of hydrogen-bond donors (Lipinski definition) is 1. The number of hydrogen-bond acceptors (Lipinski definition) is 6. The third-order valence-electron chi connectivity index (χ3n) is 4.98. The largest absolute Gasteiger partial charge is 0.486 e. The first-order valence-corrected chi connectivity index (χ1v) is 9.61. The lowest BCUT2D eigenvalue weighted by Crippen LogP contribution is -2.16. The molecule has 1 aromatic heterocycles. The minimum atomic E-state index is 0.325. The van der Waals surface area contributed by atoms with Crippen molar-refractivity contribution in [3.05, 3.63) is 60.2 Å². The summed E-state index contributed by atoms with van der Waals surface area (Å²) in [4.78, 5) is 4.81. The van der Waals surface area contributed by atoms with E-state index in [-0.39, 0.29) is 0 Å². The van der Waals surface area contributed by atoms with Crippen LogP contribution >= 0.6 is 0 Å². The van der Waals surface area contributed by atoms with Crippen molar-refractivity contribution in [3.8, 4) is 22.9 Å². The number of para-hydroxylation sites is 1. The van der Waals surface area contributed by atoms with Gasteiger partial charge in [0.25, 0.3) is 0 Å². The van der Waals surface area contributed by atoms with E-state index < -0.39 is 0 Å². The lowest BCUT2D eigenvalue weighted by atomic mass is 10.1. The average molecular weight is 378 g/mol. The Morgan fingerprint density at radius 1 is 1.07 bits per heavy atom. The zero-order valence-electron chi connectivity index (χ0n) is 15.5. The molecule has 144 valence electrons. The van der Waals surface area contributed by atoms with Gasteiger partial charge in [0, 0.05) is 18.5 Å². The summed E-state index contributed by atoms with van der Waals surface area (Å²) in [6.07, 6.45) is 1.04. The summed E-state index contributed by atoms with van der Waals surface area (Å²) in [5.41, 5.74) is 0.921. The second-order valence-electron chi connectivity index (χ2n) is 6.92. The predicted octanol–water partition coefficient (Wildman–Crippen LogP) is 2.69. The van der Waals surface area contributed by atoms with Gasteiger partial charge >= 0.3 is 0 Å². The summed E-state index contributed by atoms with van der Waals surface area (Å²) in [5, 5.41) is 8.15. The van der Waals surface area contributed by atoms with Crippen molar-refractivity contribution in [1.29, 1.82) is 0 Å². The van der Waals surface area contributed by atoms with Crippen molar-refractivity contribution in [1.82, 2.24) is 20.1 Å². The summed E-state index contributed by atoms with van der Waals surface area (Å²) in [5.74, 6) is 4.27. The van der Waals surface area contributed by atoms with E-state index in [1.807, 2.05) is 53.2 Å². The molecule has 1 atom stereocenters. The Hall–Kier alpha value is -3.06. The first-order valence-electron chi connectivity index (χ1n) is 9.61. The van der Waals surface area contributed by atoms with E-state index in [1.54, 1.807) is 0 Å². The lowest BCUT2D eigenvalue weighted by molar-refractivity contribution is 0.171. The van der Waals surface area contributed by atoms with Crippen molar-refractivity contribution in [2.75, 3.05) is 26.3 Å². The topological polar surface area (TPSA) is 70.4 Å². The minimum absolute atomic E-state index is 0.325. The highest BCUT2D eigenvalue weighted by Crippen LogP contribution is 2.33. The summed E-state index contributed by atoms with van der Waals surface area (Å²) in [6, 6.07) is 15.6. The zero-order valence-corrected chi connectivity index (χ0v) is 15.5. The van der Waals surface area contributed by atoms with E-state index in [9.17, 15) is 0 Å². The molecule has 3 heterocycles. The maximum absolute atomic E-state index is 5.85. The van der Waals surface area contributed by atoms with E-state index >= 15 is 0 Å². The molecule has 2 aliphatic rings. The van der Waals surface area contributed by atoms with E-state index in [0.717, 1.165) is 48.3 Å². The fourth-order valence-electron chi connectivity index (χ4n) is 3.59. The fourth-order valence-corrected chi connectivity index (χ4v) is 3.59. The summed E-state index contributed by atoms with van der Waals surface area (Å²) in [6.45, 7) is 3.37. The number of rotatable bonds is 5. The Bertz CT molecular complexity index is 952. The van der Waals surface area contributed by atoms with Gasteiger partial charge in [0.15, 0.2) is 17.3 Å². The molecule has 0 radical (unpaired) electrons. The van der Waals surface area contributed by atoms with Gasteiger partial charge in [0.05, 0.1) is 5.69 Å². The second kappa shape index (κ2) is 7.52. The van der Waals surface area contributed by atoms with Crippen molar-refractivity contribution in [3.63, 3.8) is 0 Å². The number of fused-ring (bicyclic) bond motifs is 1. The van der Waals surface area contributed by atoms with Crippen molar-refractivity contribution in [2.45, 2.75) is 18.9 Å². The molecule has 0 spiro atoms. The van der Waals surface area contributed by atoms with Crippen LogP contribution in [0.2, 0.25) is 0 Å². The van der Waals surface area contributed by atoms with Crippen LogP contribution < -0.4 is 19.5 Å². The quantitative estimate of drug-likeness (QED) is 0.736. The molecule has 7 heteroatoms. The average Bonchev–Trinajstić information content (AvgIpc) is 3.42. The highest BCUT2D eigenvalue weighted by molar-refractivity contribution is 5.49. The molecule has 1 fully saturated rings. The van der Waals surface area contributed by atoms with E-state index in [1.165, 1.54) is 0 Å². The van der Waals surface area contributed by atoms with Crippen LogP contribution in [0.3, 0.4) is 0 Å². The van der Waals surface area contributed by atoms with Crippen LogP contribution in [0.5, 0.6) is 17.2 Å². The molecule has 0 amide bonds. The molecular weight excluding hydrogens is 356 g/mol. The summed E-state index contributed by atoms with van der Waals surface area (Å²) >= 11 is 0. The van der Waals surface area contributed by atoms with E-state index in [0.29, 0.717) is 31.6 Å². The van der Waals surface area contributed by atoms with Crippen LogP contribution in [0.15, 0.2) is 48.5 Å². The van der Waals surface area contributed by atoms with Crippen molar-refractivity contribution in [2.24, 2.45) is 0 Å². The van der Waals surface area contributed by atoms with Gasteiger partial charge < -0.3 is 19.5 Å². The van der Waals surface area contributed by atoms with Gasteiger partial charge in [-0.15, -0.1) is 5.10 Å². The van der Waals surface area contributed by atoms with Gasteiger partial charge in [-0.05, 0) is 37.2 Å². The zero-order chi connectivity index (χ0) is 18.8. The molecule has 0 saturated carbocycles. The maximum Gasteiger partial charge on any atom is 0.188 e. The number of nitrogens with zero attached hydrogens (tertiary/aromatic N) is 3. The van der Waals surface area contributed by atoms with Crippen LogP contribution in [-0.4, -0.2) is 41.1 Å². The monoisotopic (exact) mass is 378 g/mol. The predicted molar refractivity (Wildman–Crippen MR) is 103 cm³/mol. The molecule has 1 saturated heterocycles. The third-order valence-corrected chi connectivity index (χ3v) is 4.98. The molecule has 28 heavy (non-hydrogen) atoms. The summed E-state index contributed by atoms with van der Waals surface area (Å²) in [7, 11) is 0. The Morgan fingerprint density at radius 3 is 2.75 bits per heavy atom. The lowest BCUT2D eigenvalue weighted by Gasteiger charge is -2.19. The molecule has 0 unspecified atom stereocenters. The van der Waals surface area contributed by atoms with E-state index in [4.69, 9.17) is 24.3 Å². The number of aromatic nitrogens is 3. The van der Waals surface area contributed by atoms with Gasteiger partial charge in [0.2, 0.25) is 0 Å². The van der Waals surface area contributed by atoms with Crippen molar-refractivity contribution < 1.29 is 14.2 Å². The molecule has 2 aliphatic heterocycles. The van der Waals surface area contributed by atoms with Gasteiger partial charge in [-0.3, -0.25) is 0 Å². The van der Waals surface area contributed by atoms with Gasteiger partial charge in [0.1, 0.15) is 31.4 Å². The first-order chi connectivity index (χ1) is 13.9. The minimum Gasteiger partial charge on any atom is -0.486 e. The maximum atomic E-state index is 5.85. The highest BCUT2D eigenvalue weighted by Gasteiger charge is 2.25. The Labute approximate surface area is 163 Å². The van der Waals surface area contributed by atoms with Crippen molar-refractivity contribution >= 4 is 0 Å². The van der Waals surface area contributed by atoms with Crippen LogP contribution in [0.1, 0.15) is 24.0 Å². The van der Waals surface area contributed by atoms with Crippen LogP contribution in [-0.2, 0) is 6.61 Å². The molecule has 1 N–H and O–H groups in total. The molecule has 2 aromatic carbocycles. The Morgan fingerprint density at radius 2 is 1.93 bits per heavy atom. The normalized spacial score (nSPS) is 18.2. The van der Waals surface area contributed by atoms with Gasteiger partial charge in [-0.1, -0.05) is 18.2 Å². The van der Waals surface area contributed by atoms with Crippen LogP contribution in [0.4, 0.5) is 0 Å². The molecule has 3 aromatic rings. The van der Waals surface area contributed by atoms with Gasteiger partial charge in [-0.25, -0.2) is 9.67 Å². The molecule has 0 aliphatic carbocycles. The summed E-state index contributed by atoms with van der Waals surface area (Å²) < 4.78 is 19.1. The number of nitrogens with one attached hydrogen (secondary N) is 1. The molecular formula is C21H22N4O3. The highest BCUT2D eigenvalue weighted by atomic mass is 16.6. The molecule has 0 bridgehead atoms. The number of ether oxygens (including phenoxy) is 3. The van der Waals surface area contributed by atoms with Gasteiger partial charge in [-0.2, -0.15) is 0 Å². The third kappa shape index (κ3) is 3.41. The molecule has 5 rings (SSSR count). The van der Waals surface area contributed by atoms with Crippen LogP contribution in [0.25, 0.3) is 5.69 Å². The first kappa shape index (κ1) is 17.1. The SMILES string of the molecule is c1ccc(OCc2nc([C@H]3CCNC3)n(-c3ccc4c(c3)OCCO4)n2)cc1. The fraction of sp³-hybridized carbons (Fsp3) is 0.333. The number of benzene rings is 2. The smallest absolute Gasteiger partial charge is 0.188 e. The second-order valence-corrected chi connectivity index (χ2v) is 6.92.